The van der Waals surface area contributed by atoms with E-state index in [-0.39, 0.29) is 11.9 Å². The summed E-state index contributed by atoms with van der Waals surface area (Å²) in [6.45, 7) is 4.44. The maximum Gasteiger partial charge on any atom is 0.123 e. The molecular weight excluding hydrogens is 277 g/mol. The largest absolute Gasteiger partial charge is 0.369 e. The van der Waals surface area contributed by atoms with E-state index in [1.54, 1.807) is 0 Å². The quantitative estimate of drug-likeness (QED) is 0.942. The van der Waals surface area contributed by atoms with Gasteiger partial charge in [-0.15, -0.1) is 0 Å². The molecule has 1 aliphatic rings. The smallest absolute Gasteiger partial charge is 0.123 e. The fraction of sp³-hybridized carbons (Fsp3) is 0.333. The highest BCUT2D eigenvalue weighted by atomic mass is 19.1. The van der Waals surface area contributed by atoms with Crippen LogP contribution in [0.3, 0.4) is 0 Å². The van der Waals surface area contributed by atoms with Crippen LogP contribution in [0.1, 0.15) is 11.6 Å². The van der Waals surface area contributed by atoms with Gasteiger partial charge in [0, 0.05) is 44.5 Å². The zero-order valence-corrected chi connectivity index (χ0v) is 12.7. The van der Waals surface area contributed by atoms with E-state index >= 15 is 0 Å². The molecule has 3 rings (SSSR count). The molecular formula is C18H22FN3. The molecule has 1 heterocycles. The average Bonchev–Trinajstić information content (AvgIpc) is 2.58. The highest BCUT2D eigenvalue weighted by molar-refractivity contribution is 5.46. The lowest BCUT2D eigenvalue weighted by Gasteiger charge is -2.40. The van der Waals surface area contributed by atoms with Crippen molar-refractivity contribution in [3.63, 3.8) is 0 Å². The number of hydrogen-bond donors (Lipinski definition) is 1. The lowest BCUT2D eigenvalue weighted by molar-refractivity contribution is 0.190. The number of rotatable bonds is 4. The molecule has 2 N–H and O–H groups in total. The van der Waals surface area contributed by atoms with E-state index in [2.05, 4.69) is 34.1 Å². The Labute approximate surface area is 131 Å². The second kappa shape index (κ2) is 6.90. The Morgan fingerprint density at radius 3 is 2.14 bits per heavy atom. The van der Waals surface area contributed by atoms with Crippen molar-refractivity contribution >= 4 is 5.69 Å². The van der Waals surface area contributed by atoms with Gasteiger partial charge in [0.25, 0.3) is 0 Å². The Morgan fingerprint density at radius 1 is 0.909 bits per heavy atom. The van der Waals surface area contributed by atoms with Gasteiger partial charge in [0.2, 0.25) is 0 Å². The van der Waals surface area contributed by atoms with E-state index in [0.29, 0.717) is 6.54 Å². The van der Waals surface area contributed by atoms with E-state index < -0.39 is 0 Å². The Morgan fingerprint density at radius 2 is 1.55 bits per heavy atom. The summed E-state index contributed by atoms with van der Waals surface area (Å²) in [5.74, 6) is -0.186. The summed E-state index contributed by atoms with van der Waals surface area (Å²) in [7, 11) is 0. The van der Waals surface area contributed by atoms with Gasteiger partial charge in [0.1, 0.15) is 5.82 Å². The molecule has 1 atom stereocenters. The summed E-state index contributed by atoms with van der Waals surface area (Å²) in [4.78, 5) is 4.74. The van der Waals surface area contributed by atoms with Gasteiger partial charge in [-0.1, -0.05) is 30.3 Å². The number of hydrogen-bond acceptors (Lipinski definition) is 3. The van der Waals surface area contributed by atoms with Crippen LogP contribution in [0.4, 0.5) is 10.1 Å². The molecule has 1 aliphatic heterocycles. The van der Waals surface area contributed by atoms with Gasteiger partial charge in [0.05, 0.1) is 0 Å². The van der Waals surface area contributed by atoms with Crippen molar-refractivity contribution in [1.82, 2.24) is 4.90 Å². The maximum absolute atomic E-state index is 13.0. The van der Waals surface area contributed by atoms with E-state index in [1.165, 1.54) is 17.7 Å². The SMILES string of the molecule is NCC(c1ccccc1)N1CCN(c2ccc(F)cc2)CC1. The van der Waals surface area contributed by atoms with E-state index in [0.717, 1.165) is 31.9 Å². The molecule has 0 amide bonds. The lowest BCUT2D eigenvalue weighted by atomic mass is 10.0. The molecule has 1 saturated heterocycles. The van der Waals surface area contributed by atoms with Crippen molar-refractivity contribution in [3.8, 4) is 0 Å². The molecule has 0 saturated carbocycles. The second-order valence-electron chi connectivity index (χ2n) is 5.66. The molecule has 4 heteroatoms. The van der Waals surface area contributed by atoms with Crippen molar-refractivity contribution < 1.29 is 4.39 Å². The summed E-state index contributed by atoms with van der Waals surface area (Å²) in [6, 6.07) is 17.5. The minimum atomic E-state index is -0.186. The lowest BCUT2D eigenvalue weighted by Crippen LogP contribution is -2.49. The van der Waals surface area contributed by atoms with Crippen LogP contribution in [0.2, 0.25) is 0 Å². The van der Waals surface area contributed by atoms with Crippen LogP contribution >= 0.6 is 0 Å². The first kappa shape index (κ1) is 15.0. The molecule has 1 unspecified atom stereocenters. The van der Waals surface area contributed by atoms with Crippen molar-refractivity contribution in [2.45, 2.75) is 6.04 Å². The Kier molecular flexibility index (Phi) is 4.71. The Balaban J connectivity index is 1.64. The fourth-order valence-electron chi connectivity index (χ4n) is 3.11. The first-order valence-corrected chi connectivity index (χ1v) is 7.77. The van der Waals surface area contributed by atoms with Gasteiger partial charge < -0.3 is 10.6 Å². The molecule has 2 aromatic carbocycles. The maximum atomic E-state index is 13.0. The third-order valence-electron chi connectivity index (χ3n) is 4.35. The average molecular weight is 299 g/mol. The van der Waals surface area contributed by atoms with Gasteiger partial charge in [0.15, 0.2) is 0 Å². The normalized spacial score (nSPS) is 17.5. The topological polar surface area (TPSA) is 32.5 Å². The summed E-state index contributed by atoms with van der Waals surface area (Å²) in [6.07, 6.45) is 0. The molecule has 2 aromatic rings. The fourth-order valence-corrected chi connectivity index (χ4v) is 3.11. The molecule has 116 valence electrons. The van der Waals surface area contributed by atoms with Crippen LogP contribution in [0.5, 0.6) is 0 Å². The molecule has 1 fully saturated rings. The highest BCUT2D eigenvalue weighted by Crippen LogP contribution is 2.23. The number of nitrogens with two attached hydrogens (primary N) is 1. The van der Waals surface area contributed by atoms with Crippen molar-refractivity contribution in [2.24, 2.45) is 5.73 Å². The second-order valence-corrected chi connectivity index (χ2v) is 5.66. The summed E-state index contributed by atoms with van der Waals surface area (Å²) >= 11 is 0. The number of anilines is 1. The number of benzene rings is 2. The van der Waals surface area contributed by atoms with Crippen LogP contribution < -0.4 is 10.6 Å². The minimum absolute atomic E-state index is 0.186. The van der Waals surface area contributed by atoms with E-state index in [9.17, 15) is 4.39 Å². The molecule has 3 nitrogen and oxygen atoms in total. The zero-order valence-electron chi connectivity index (χ0n) is 12.7. The standard InChI is InChI=1S/C18H22FN3/c19-16-6-8-17(9-7-16)21-10-12-22(13-11-21)18(14-20)15-4-2-1-3-5-15/h1-9,18H,10-14,20H2. The summed E-state index contributed by atoms with van der Waals surface area (Å²) in [5.41, 5.74) is 8.37. The third kappa shape index (κ3) is 3.29. The minimum Gasteiger partial charge on any atom is -0.369 e. The molecule has 22 heavy (non-hydrogen) atoms. The zero-order chi connectivity index (χ0) is 15.4. The number of halogens is 1. The van der Waals surface area contributed by atoms with Crippen LogP contribution in [-0.4, -0.2) is 37.6 Å². The van der Waals surface area contributed by atoms with Gasteiger partial charge in [-0.25, -0.2) is 4.39 Å². The number of nitrogens with zero attached hydrogens (tertiary/aromatic N) is 2. The van der Waals surface area contributed by atoms with Gasteiger partial charge in [-0.3, -0.25) is 4.90 Å². The van der Waals surface area contributed by atoms with Crippen molar-refractivity contribution in [2.75, 3.05) is 37.6 Å². The first-order chi connectivity index (χ1) is 10.8. The van der Waals surface area contributed by atoms with Gasteiger partial charge in [-0.2, -0.15) is 0 Å². The monoisotopic (exact) mass is 299 g/mol. The van der Waals surface area contributed by atoms with E-state index in [1.807, 2.05) is 18.2 Å². The molecule has 0 radical (unpaired) electrons. The predicted octanol–water partition coefficient (Wildman–Crippen LogP) is 2.65. The van der Waals surface area contributed by atoms with Crippen molar-refractivity contribution in [3.05, 3.63) is 66.0 Å². The van der Waals surface area contributed by atoms with Gasteiger partial charge in [-0.05, 0) is 29.8 Å². The summed E-state index contributed by atoms with van der Waals surface area (Å²) < 4.78 is 13.0. The predicted molar refractivity (Wildman–Crippen MR) is 88.4 cm³/mol. The molecule has 0 aliphatic carbocycles. The first-order valence-electron chi connectivity index (χ1n) is 7.77. The van der Waals surface area contributed by atoms with Gasteiger partial charge >= 0.3 is 0 Å². The Hall–Kier alpha value is -1.91. The Bertz CT molecular complexity index is 577. The highest BCUT2D eigenvalue weighted by Gasteiger charge is 2.24. The van der Waals surface area contributed by atoms with Crippen LogP contribution in [0.15, 0.2) is 54.6 Å². The van der Waals surface area contributed by atoms with Crippen LogP contribution in [0, 0.1) is 5.82 Å². The van der Waals surface area contributed by atoms with Crippen LogP contribution in [-0.2, 0) is 0 Å². The molecule has 0 spiro atoms. The molecule has 0 bridgehead atoms. The molecule has 0 aromatic heterocycles. The number of piperazine rings is 1. The van der Waals surface area contributed by atoms with Crippen LogP contribution in [0.25, 0.3) is 0 Å². The van der Waals surface area contributed by atoms with E-state index in [4.69, 9.17) is 5.73 Å². The van der Waals surface area contributed by atoms with Crippen molar-refractivity contribution in [1.29, 1.82) is 0 Å². The summed E-state index contributed by atoms with van der Waals surface area (Å²) in [5, 5.41) is 0. The third-order valence-corrected chi connectivity index (χ3v) is 4.35.